The molecule has 2 heterocycles. The number of carbonyl (C=O) groups is 2. The minimum atomic E-state index is -0.510. The summed E-state index contributed by atoms with van der Waals surface area (Å²) in [6.45, 7) is 0. The smallest absolute Gasteiger partial charge is 0.239 e. The molecule has 2 aliphatic rings. The topological polar surface area (TPSA) is 49.7 Å². The molecule has 1 amide bonds. The van der Waals surface area contributed by atoms with Gasteiger partial charge in [0.15, 0.2) is 11.0 Å². The first kappa shape index (κ1) is 18.6. The average molecular weight is 410 g/mol. The minimum Gasteiger partial charge on any atom is -0.289 e. The average Bonchev–Trinajstić information content (AvgIpc) is 3.19. The molecule has 5 rings (SSSR count). The van der Waals surface area contributed by atoms with Gasteiger partial charge in [-0.05, 0) is 5.56 Å². The Morgan fingerprint density at radius 3 is 2.13 bits per heavy atom. The molecule has 0 saturated carbocycles. The molecule has 146 valence electrons. The van der Waals surface area contributed by atoms with Crippen LogP contribution in [0.2, 0.25) is 0 Å². The van der Waals surface area contributed by atoms with Crippen LogP contribution in [0, 0.1) is 0 Å². The van der Waals surface area contributed by atoms with Crippen molar-refractivity contribution < 1.29 is 9.59 Å². The number of ketones is 1. The molecule has 0 radical (unpaired) electrons. The number of amides is 1. The summed E-state index contributed by atoms with van der Waals surface area (Å²) in [5.41, 5.74) is 3.50. The molecule has 0 aromatic heterocycles. The van der Waals surface area contributed by atoms with Gasteiger partial charge in [-0.1, -0.05) is 103 Å². The molecule has 0 aliphatic carbocycles. The first-order valence-electron chi connectivity index (χ1n) is 9.72. The van der Waals surface area contributed by atoms with Crippen LogP contribution in [0.1, 0.15) is 27.5 Å². The Labute approximate surface area is 179 Å². The van der Waals surface area contributed by atoms with E-state index in [-0.39, 0.29) is 11.7 Å². The van der Waals surface area contributed by atoms with Gasteiger partial charge in [0.05, 0.1) is 23.1 Å². The van der Waals surface area contributed by atoms with Crippen molar-refractivity contribution in [2.45, 2.75) is 6.04 Å². The van der Waals surface area contributed by atoms with E-state index in [0.717, 1.165) is 11.1 Å². The zero-order valence-corrected chi connectivity index (χ0v) is 16.9. The standard InChI is InChI=1S/C25H18N2O2S/c28-20-16-30-25-26-22(17-10-4-1-5-11-17)21(24(29)19-14-8-3-9-15-19)23(27(20)25)18-12-6-2-7-13-18/h1-15,23H,16H2. The van der Waals surface area contributed by atoms with Crippen molar-refractivity contribution in [1.82, 2.24) is 4.90 Å². The highest BCUT2D eigenvalue weighted by molar-refractivity contribution is 8.15. The molecular weight excluding hydrogens is 392 g/mol. The van der Waals surface area contributed by atoms with Gasteiger partial charge in [0.2, 0.25) is 5.91 Å². The number of hydrogen-bond acceptors (Lipinski definition) is 4. The Morgan fingerprint density at radius 1 is 0.867 bits per heavy atom. The minimum absolute atomic E-state index is 0.0296. The largest absolute Gasteiger partial charge is 0.289 e. The third-order valence-electron chi connectivity index (χ3n) is 5.24. The van der Waals surface area contributed by atoms with E-state index >= 15 is 0 Å². The monoisotopic (exact) mass is 410 g/mol. The first-order valence-corrected chi connectivity index (χ1v) is 10.7. The summed E-state index contributed by atoms with van der Waals surface area (Å²) in [7, 11) is 0. The van der Waals surface area contributed by atoms with Crippen LogP contribution < -0.4 is 0 Å². The highest BCUT2D eigenvalue weighted by Gasteiger charge is 2.43. The molecule has 0 spiro atoms. The Hall–Kier alpha value is -3.44. The number of fused-ring (bicyclic) bond motifs is 1. The van der Waals surface area contributed by atoms with Gasteiger partial charge in [-0.3, -0.25) is 14.5 Å². The predicted molar refractivity (Wildman–Crippen MR) is 120 cm³/mol. The molecule has 5 heteroatoms. The fourth-order valence-electron chi connectivity index (χ4n) is 3.87. The second kappa shape index (κ2) is 7.76. The van der Waals surface area contributed by atoms with Crippen LogP contribution in [-0.4, -0.2) is 27.5 Å². The number of nitrogens with zero attached hydrogens (tertiary/aromatic N) is 2. The van der Waals surface area contributed by atoms with E-state index in [2.05, 4.69) is 0 Å². The van der Waals surface area contributed by atoms with E-state index < -0.39 is 6.04 Å². The normalized spacial score (nSPS) is 18.3. The summed E-state index contributed by atoms with van der Waals surface area (Å²) < 4.78 is 0. The summed E-state index contributed by atoms with van der Waals surface area (Å²) in [5, 5.41) is 0.650. The van der Waals surface area contributed by atoms with Crippen molar-refractivity contribution >= 4 is 34.3 Å². The number of hydrogen-bond donors (Lipinski definition) is 0. The van der Waals surface area contributed by atoms with Crippen LogP contribution in [0.25, 0.3) is 5.70 Å². The van der Waals surface area contributed by atoms with Gasteiger partial charge < -0.3 is 0 Å². The van der Waals surface area contributed by atoms with E-state index in [1.54, 1.807) is 17.0 Å². The lowest BCUT2D eigenvalue weighted by Crippen LogP contribution is -2.39. The molecular formula is C25H18N2O2S. The number of Topliss-reactive ketones (excluding diaryl/α,β-unsaturated/α-hetero) is 1. The van der Waals surface area contributed by atoms with E-state index in [1.807, 2.05) is 78.9 Å². The highest BCUT2D eigenvalue weighted by atomic mass is 32.2. The maximum Gasteiger partial charge on any atom is 0.239 e. The summed E-state index contributed by atoms with van der Waals surface area (Å²) in [6, 6.07) is 28.1. The van der Waals surface area contributed by atoms with Gasteiger partial charge in [0.1, 0.15) is 0 Å². The van der Waals surface area contributed by atoms with Crippen LogP contribution in [0.5, 0.6) is 0 Å². The van der Waals surface area contributed by atoms with Gasteiger partial charge in [0, 0.05) is 11.1 Å². The third-order valence-corrected chi connectivity index (χ3v) is 6.17. The molecule has 0 N–H and O–H groups in total. The Kier molecular flexibility index (Phi) is 4.81. The highest BCUT2D eigenvalue weighted by Crippen LogP contribution is 2.44. The van der Waals surface area contributed by atoms with Crippen LogP contribution >= 0.6 is 11.8 Å². The fraction of sp³-hybridized carbons (Fsp3) is 0.0800. The Balaban J connectivity index is 1.79. The van der Waals surface area contributed by atoms with Gasteiger partial charge in [0.25, 0.3) is 0 Å². The molecule has 0 bridgehead atoms. The number of rotatable bonds is 4. The van der Waals surface area contributed by atoms with Gasteiger partial charge >= 0.3 is 0 Å². The molecule has 3 aromatic carbocycles. The van der Waals surface area contributed by atoms with E-state index in [9.17, 15) is 9.59 Å². The van der Waals surface area contributed by atoms with Crippen molar-refractivity contribution in [3.63, 3.8) is 0 Å². The number of amidine groups is 1. The van der Waals surface area contributed by atoms with E-state index in [4.69, 9.17) is 4.99 Å². The molecule has 2 aliphatic heterocycles. The van der Waals surface area contributed by atoms with Crippen molar-refractivity contribution in [2.75, 3.05) is 5.75 Å². The molecule has 3 aromatic rings. The van der Waals surface area contributed by atoms with Gasteiger partial charge in [-0.25, -0.2) is 4.99 Å². The van der Waals surface area contributed by atoms with Crippen LogP contribution in [0.4, 0.5) is 0 Å². The third kappa shape index (κ3) is 3.17. The molecule has 4 nitrogen and oxygen atoms in total. The molecule has 1 atom stereocenters. The van der Waals surface area contributed by atoms with Crippen molar-refractivity contribution in [2.24, 2.45) is 4.99 Å². The SMILES string of the molecule is O=C(C1=C(c2ccccc2)N=C2SCC(=O)N2C1c1ccccc1)c1ccccc1. The van der Waals surface area contributed by atoms with Crippen LogP contribution in [0.15, 0.2) is 102 Å². The quantitative estimate of drug-likeness (QED) is 0.571. The lowest BCUT2D eigenvalue weighted by atomic mass is 9.87. The Morgan fingerprint density at radius 2 is 1.47 bits per heavy atom. The van der Waals surface area contributed by atoms with Crippen molar-refractivity contribution in [3.05, 3.63) is 113 Å². The second-order valence-electron chi connectivity index (χ2n) is 7.08. The van der Waals surface area contributed by atoms with E-state index in [1.165, 1.54) is 11.8 Å². The van der Waals surface area contributed by atoms with Crippen LogP contribution in [0.3, 0.4) is 0 Å². The number of carbonyl (C=O) groups excluding carboxylic acids is 2. The lowest BCUT2D eigenvalue weighted by molar-refractivity contribution is -0.125. The molecule has 1 fully saturated rings. The summed E-state index contributed by atoms with van der Waals surface area (Å²) >= 11 is 1.42. The number of aliphatic imine (C=N–C) groups is 1. The van der Waals surface area contributed by atoms with Crippen LogP contribution in [-0.2, 0) is 4.79 Å². The first-order chi connectivity index (χ1) is 14.7. The van der Waals surface area contributed by atoms with Gasteiger partial charge in [-0.15, -0.1) is 0 Å². The summed E-state index contributed by atoms with van der Waals surface area (Å²) in [6.07, 6.45) is 0. The van der Waals surface area contributed by atoms with Gasteiger partial charge in [-0.2, -0.15) is 0 Å². The van der Waals surface area contributed by atoms with Crippen molar-refractivity contribution in [1.29, 1.82) is 0 Å². The zero-order valence-electron chi connectivity index (χ0n) is 16.1. The maximum absolute atomic E-state index is 13.8. The van der Waals surface area contributed by atoms with E-state index in [0.29, 0.717) is 27.8 Å². The van der Waals surface area contributed by atoms with Crippen molar-refractivity contribution in [3.8, 4) is 0 Å². The summed E-state index contributed by atoms with van der Waals surface area (Å²) in [4.78, 5) is 33.1. The number of thioether (sulfide) groups is 1. The second-order valence-corrected chi connectivity index (χ2v) is 8.03. The molecule has 30 heavy (non-hydrogen) atoms. The summed E-state index contributed by atoms with van der Waals surface area (Å²) in [5.74, 6) is 0.186. The maximum atomic E-state index is 13.8. The zero-order chi connectivity index (χ0) is 20.5. The molecule has 1 unspecified atom stereocenters. The number of benzene rings is 3. The Bertz CT molecular complexity index is 1170. The lowest BCUT2D eigenvalue weighted by Gasteiger charge is -2.34. The molecule has 1 saturated heterocycles. The predicted octanol–water partition coefficient (Wildman–Crippen LogP) is 4.97. The fourth-order valence-corrected chi connectivity index (χ4v) is 4.76.